The second-order valence-electron chi connectivity index (χ2n) is 6.12. The van der Waals surface area contributed by atoms with E-state index in [1.54, 1.807) is 0 Å². The summed E-state index contributed by atoms with van der Waals surface area (Å²) >= 11 is 0. The average molecular weight is 398 g/mol. The van der Waals surface area contributed by atoms with E-state index in [4.69, 9.17) is 0 Å². The molecule has 0 saturated carbocycles. The molecule has 0 aliphatic carbocycles. The van der Waals surface area contributed by atoms with Gasteiger partial charge in [-0.1, -0.05) is 30.3 Å². The number of rotatable bonds is 6. The van der Waals surface area contributed by atoms with E-state index in [2.05, 4.69) is 0 Å². The molecule has 0 atom stereocenters. The van der Waals surface area contributed by atoms with Crippen LogP contribution in [-0.2, 0) is 16.1 Å². The molecule has 0 N–H and O–H groups in total. The number of hydrogen-bond acceptors (Lipinski definition) is 7. The van der Waals surface area contributed by atoms with Gasteiger partial charge in [0.05, 0.1) is 22.0 Å². The minimum Gasteiger partial charge on any atom is -0.273 e. The molecule has 11 heteroatoms. The second kappa shape index (κ2) is 7.84. The van der Waals surface area contributed by atoms with Crippen molar-refractivity contribution in [1.82, 2.24) is 10.0 Å². The summed E-state index contributed by atoms with van der Waals surface area (Å²) in [6.45, 7) is -0.487. The summed E-state index contributed by atoms with van der Waals surface area (Å²) in [5.41, 5.74) is -1.10. The maximum absolute atomic E-state index is 13.1. The van der Waals surface area contributed by atoms with Crippen molar-refractivity contribution in [1.29, 1.82) is 0 Å². The summed E-state index contributed by atoms with van der Waals surface area (Å²) in [6, 6.07) is 10.6. The Hall–Kier alpha value is -4.15. The number of carbonyl (C=O) groups is 3. The van der Waals surface area contributed by atoms with E-state index in [9.17, 15) is 34.6 Å². The molecule has 2 aromatic rings. The molecule has 1 aliphatic heterocycles. The van der Waals surface area contributed by atoms with Crippen LogP contribution in [-0.4, -0.2) is 37.6 Å². The maximum atomic E-state index is 13.1. The SMILES string of the molecule is O=C(c1ccccc1[N+](=O)[O-])N(Cc1ccccc1[N+](=O)[O-])N1C(=O)CCC1=O. The van der Waals surface area contributed by atoms with Gasteiger partial charge in [0.25, 0.3) is 17.3 Å². The van der Waals surface area contributed by atoms with Crippen molar-refractivity contribution < 1.29 is 24.2 Å². The first-order valence-corrected chi connectivity index (χ1v) is 8.44. The molecule has 148 valence electrons. The van der Waals surface area contributed by atoms with Gasteiger partial charge in [-0.25, -0.2) is 5.01 Å². The zero-order valence-corrected chi connectivity index (χ0v) is 14.9. The maximum Gasteiger partial charge on any atom is 0.282 e. The van der Waals surface area contributed by atoms with Gasteiger partial charge in [-0.3, -0.25) is 34.6 Å². The molecular weight excluding hydrogens is 384 g/mol. The van der Waals surface area contributed by atoms with Crippen LogP contribution < -0.4 is 0 Å². The molecule has 29 heavy (non-hydrogen) atoms. The van der Waals surface area contributed by atoms with E-state index in [1.165, 1.54) is 42.5 Å². The van der Waals surface area contributed by atoms with Gasteiger partial charge in [-0.05, 0) is 6.07 Å². The summed E-state index contributed by atoms with van der Waals surface area (Å²) in [6.07, 6.45) is -0.257. The Bertz CT molecular complexity index is 1020. The van der Waals surface area contributed by atoms with Crippen LogP contribution in [0.4, 0.5) is 11.4 Å². The van der Waals surface area contributed by atoms with E-state index in [1.807, 2.05) is 0 Å². The molecular formula is C18H14N4O7. The quantitative estimate of drug-likeness (QED) is 0.412. The lowest BCUT2D eigenvalue weighted by Crippen LogP contribution is -2.49. The van der Waals surface area contributed by atoms with Gasteiger partial charge >= 0.3 is 0 Å². The van der Waals surface area contributed by atoms with Gasteiger partial charge in [-0.15, -0.1) is 0 Å². The highest BCUT2D eigenvalue weighted by molar-refractivity contribution is 6.06. The van der Waals surface area contributed by atoms with E-state index in [0.29, 0.717) is 5.01 Å². The number of carbonyl (C=O) groups excluding carboxylic acids is 3. The summed E-state index contributed by atoms with van der Waals surface area (Å²) < 4.78 is 0. The van der Waals surface area contributed by atoms with Gasteiger partial charge < -0.3 is 0 Å². The van der Waals surface area contributed by atoms with E-state index in [0.717, 1.165) is 11.1 Å². The Kier molecular flexibility index (Phi) is 5.30. The molecule has 0 spiro atoms. The number of amides is 3. The number of imide groups is 1. The highest BCUT2D eigenvalue weighted by Gasteiger charge is 2.39. The van der Waals surface area contributed by atoms with Crippen LogP contribution in [0.2, 0.25) is 0 Å². The fourth-order valence-corrected chi connectivity index (χ4v) is 3.00. The fraction of sp³-hybridized carbons (Fsp3) is 0.167. The molecule has 0 aromatic heterocycles. The second-order valence-corrected chi connectivity index (χ2v) is 6.12. The number of hydrazine groups is 1. The normalized spacial score (nSPS) is 13.4. The van der Waals surface area contributed by atoms with Gasteiger partial charge in [0.15, 0.2) is 0 Å². The molecule has 1 fully saturated rings. The van der Waals surface area contributed by atoms with Crippen molar-refractivity contribution in [3.8, 4) is 0 Å². The van der Waals surface area contributed by atoms with Crippen LogP contribution in [0.5, 0.6) is 0 Å². The van der Waals surface area contributed by atoms with Crippen molar-refractivity contribution in [2.24, 2.45) is 0 Å². The number of nitrogens with zero attached hydrogens (tertiary/aromatic N) is 4. The smallest absolute Gasteiger partial charge is 0.273 e. The molecule has 0 radical (unpaired) electrons. The lowest BCUT2D eigenvalue weighted by Gasteiger charge is -2.29. The fourth-order valence-electron chi connectivity index (χ4n) is 3.00. The van der Waals surface area contributed by atoms with Crippen LogP contribution in [0, 0.1) is 20.2 Å². The summed E-state index contributed by atoms with van der Waals surface area (Å²) in [7, 11) is 0. The van der Waals surface area contributed by atoms with E-state index < -0.39 is 39.8 Å². The summed E-state index contributed by atoms with van der Waals surface area (Å²) in [5, 5.41) is 23.9. The van der Waals surface area contributed by atoms with Crippen molar-refractivity contribution in [3.63, 3.8) is 0 Å². The number of para-hydroxylation sites is 2. The third kappa shape index (κ3) is 3.78. The minimum atomic E-state index is -0.987. The molecule has 1 saturated heterocycles. The third-order valence-corrected chi connectivity index (χ3v) is 4.34. The predicted molar refractivity (Wildman–Crippen MR) is 97.2 cm³/mol. The Morgan fingerprint density at radius 2 is 1.41 bits per heavy atom. The van der Waals surface area contributed by atoms with Crippen LogP contribution in [0.3, 0.4) is 0 Å². The standard InChI is InChI=1S/C18H14N4O7/c23-16-9-10-17(24)20(16)19(11-12-5-1-3-7-14(12)21(26)27)18(25)13-6-2-4-8-15(13)22(28)29/h1-8H,9-11H2. The Morgan fingerprint density at radius 1 is 0.897 bits per heavy atom. The van der Waals surface area contributed by atoms with Crippen molar-refractivity contribution in [3.05, 3.63) is 79.9 Å². The Morgan fingerprint density at radius 3 is 2.00 bits per heavy atom. The summed E-state index contributed by atoms with van der Waals surface area (Å²) in [5.74, 6) is -2.32. The average Bonchev–Trinajstić information content (AvgIpc) is 3.04. The number of nitro groups is 2. The first kappa shape index (κ1) is 19.6. The molecule has 3 amide bonds. The van der Waals surface area contributed by atoms with Crippen LogP contribution in [0.1, 0.15) is 28.8 Å². The first-order chi connectivity index (χ1) is 13.8. The summed E-state index contributed by atoms with van der Waals surface area (Å²) in [4.78, 5) is 58.8. The first-order valence-electron chi connectivity index (χ1n) is 8.44. The highest BCUT2D eigenvalue weighted by atomic mass is 16.6. The van der Waals surface area contributed by atoms with E-state index >= 15 is 0 Å². The monoisotopic (exact) mass is 398 g/mol. The van der Waals surface area contributed by atoms with Crippen molar-refractivity contribution >= 4 is 29.1 Å². The van der Waals surface area contributed by atoms with Crippen LogP contribution in [0.15, 0.2) is 48.5 Å². The Balaban J connectivity index is 2.09. The zero-order valence-electron chi connectivity index (χ0n) is 14.9. The largest absolute Gasteiger partial charge is 0.282 e. The van der Waals surface area contributed by atoms with E-state index in [-0.39, 0.29) is 29.7 Å². The third-order valence-electron chi connectivity index (χ3n) is 4.34. The van der Waals surface area contributed by atoms with Crippen LogP contribution >= 0.6 is 0 Å². The van der Waals surface area contributed by atoms with Gasteiger partial charge in [0.1, 0.15) is 5.56 Å². The lowest BCUT2D eigenvalue weighted by molar-refractivity contribution is -0.385. The zero-order chi connectivity index (χ0) is 21.1. The molecule has 2 aromatic carbocycles. The molecule has 1 aliphatic rings. The number of benzene rings is 2. The molecule has 11 nitrogen and oxygen atoms in total. The molecule has 0 bridgehead atoms. The van der Waals surface area contributed by atoms with Gasteiger partial charge in [0, 0.05) is 25.0 Å². The Labute approximate surface area is 163 Å². The number of hydrogen-bond donors (Lipinski definition) is 0. The highest BCUT2D eigenvalue weighted by Crippen LogP contribution is 2.27. The van der Waals surface area contributed by atoms with Gasteiger partial charge in [0.2, 0.25) is 11.8 Å². The molecule has 1 heterocycles. The molecule has 3 rings (SSSR count). The topological polar surface area (TPSA) is 144 Å². The molecule has 0 unspecified atom stereocenters. The lowest BCUT2D eigenvalue weighted by atomic mass is 10.1. The van der Waals surface area contributed by atoms with Crippen LogP contribution in [0.25, 0.3) is 0 Å². The van der Waals surface area contributed by atoms with Crippen molar-refractivity contribution in [2.45, 2.75) is 19.4 Å². The number of nitro benzene ring substituents is 2. The van der Waals surface area contributed by atoms with Crippen molar-refractivity contribution in [2.75, 3.05) is 0 Å². The predicted octanol–water partition coefficient (Wildman–Crippen LogP) is 2.21. The minimum absolute atomic E-state index is 0.0666. The van der Waals surface area contributed by atoms with Gasteiger partial charge in [-0.2, -0.15) is 5.01 Å².